The van der Waals surface area contributed by atoms with Crippen LogP contribution in [0.1, 0.15) is 27.0 Å². The molecule has 4 rings (SSSR count). The van der Waals surface area contributed by atoms with Gasteiger partial charge in [-0.25, -0.2) is 4.98 Å². The molecule has 2 amide bonds. The van der Waals surface area contributed by atoms with E-state index in [4.69, 9.17) is 0 Å². The average molecular weight is 402 g/mol. The Bertz CT molecular complexity index is 1180. The van der Waals surface area contributed by atoms with Crippen LogP contribution < -0.4 is 10.6 Å². The summed E-state index contributed by atoms with van der Waals surface area (Å²) < 4.78 is 1.78. The predicted molar refractivity (Wildman–Crippen MR) is 111 cm³/mol. The van der Waals surface area contributed by atoms with Gasteiger partial charge in [0.15, 0.2) is 11.5 Å². The number of carbonyl (C=O) groups excluding carboxylic acids is 2. The quantitative estimate of drug-likeness (QED) is 0.296. The van der Waals surface area contributed by atoms with Gasteiger partial charge in [0, 0.05) is 42.5 Å². The molecule has 3 aromatic rings. The SMILES string of the molecule is O=C1NC(=O)c2ccc(C=Cn3ccnc3)cc2C1=CNCc1ccc(O)c(O)c1. The zero-order valence-corrected chi connectivity index (χ0v) is 15.7. The fourth-order valence-corrected chi connectivity index (χ4v) is 3.07. The van der Waals surface area contributed by atoms with Crippen molar-refractivity contribution in [2.75, 3.05) is 0 Å². The standard InChI is InChI=1S/C22H18N4O4/c27-19-4-2-15(10-20(19)28)11-24-12-18-17-9-14(5-7-26-8-6-23-13-26)1-3-16(17)21(29)25-22(18)30/h1-10,12-13,24,27-28H,11H2,(H,25,29,30). The Morgan fingerprint density at radius 2 is 1.90 bits per heavy atom. The summed E-state index contributed by atoms with van der Waals surface area (Å²) in [5.41, 5.74) is 2.79. The molecule has 0 saturated carbocycles. The Morgan fingerprint density at radius 1 is 1.03 bits per heavy atom. The number of benzene rings is 2. The summed E-state index contributed by atoms with van der Waals surface area (Å²) in [6.45, 7) is 0.314. The van der Waals surface area contributed by atoms with E-state index in [1.165, 1.54) is 18.3 Å². The maximum Gasteiger partial charge on any atom is 0.260 e. The maximum atomic E-state index is 12.4. The Morgan fingerprint density at radius 3 is 2.67 bits per heavy atom. The van der Waals surface area contributed by atoms with Crippen molar-refractivity contribution in [3.05, 3.63) is 83.6 Å². The minimum Gasteiger partial charge on any atom is -0.504 e. The summed E-state index contributed by atoms with van der Waals surface area (Å²) in [5, 5.41) is 24.3. The molecule has 0 fully saturated rings. The molecule has 150 valence electrons. The van der Waals surface area contributed by atoms with Crippen LogP contribution in [0.5, 0.6) is 11.5 Å². The van der Waals surface area contributed by atoms with E-state index in [0.29, 0.717) is 28.8 Å². The Kier molecular flexibility index (Phi) is 5.04. The third-order valence-corrected chi connectivity index (χ3v) is 4.61. The molecule has 0 bridgehead atoms. The lowest BCUT2D eigenvalue weighted by atomic mass is 9.93. The molecule has 0 spiro atoms. The van der Waals surface area contributed by atoms with Crippen LogP contribution in [0, 0.1) is 0 Å². The topological polar surface area (TPSA) is 116 Å². The highest BCUT2D eigenvalue weighted by atomic mass is 16.3. The number of fused-ring (bicyclic) bond motifs is 1. The van der Waals surface area contributed by atoms with Crippen molar-refractivity contribution in [2.45, 2.75) is 6.54 Å². The van der Waals surface area contributed by atoms with Crippen molar-refractivity contribution >= 4 is 29.7 Å². The van der Waals surface area contributed by atoms with Gasteiger partial charge in [-0.1, -0.05) is 12.1 Å². The van der Waals surface area contributed by atoms with Crippen molar-refractivity contribution in [3.63, 3.8) is 0 Å². The zero-order chi connectivity index (χ0) is 21.1. The molecule has 1 aromatic heterocycles. The minimum atomic E-state index is -0.496. The molecule has 30 heavy (non-hydrogen) atoms. The Balaban J connectivity index is 1.60. The van der Waals surface area contributed by atoms with Gasteiger partial charge in [0.25, 0.3) is 11.8 Å². The van der Waals surface area contributed by atoms with Gasteiger partial charge in [0.1, 0.15) is 0 Å². The number of aromatic hydroxyl groups is 2. The first kappa shape index (κ1) is 19.0. The molecule has 2 aromatic carbocycles. The molecule has 1 aliphatic rings. The van der Waals surface area contributed by atoms with Gasteiger partial charge in [0.05, 0.1) is 11.9 Å². The number of nitrogens with one attached hydrogen (secondary N) is 2. The third kappa shape index (κ3) is 3.93. The number of phenolic OH excluding ortho intramolecular Hbond substituents is 2. The second-order valence-electron chi connectivity index (χ2n) is 6.68. The van der Waals surface area contributed by atoms with Gasteiger partial charge in [-0.15, -0.1) is 0 Å². The third-order valence-electron chi connectivity index (χ3n) is 4.61. The lowest BCUT2D eigenvalue weighted by molar-refractivity contribution is -0.114. The van der Waals surface area contributed by atoms with Crippen LogP contribution in [0.4, 0.5) is 0 Å². The van der Waals surface area contributed by atoms with Crippen molar-refractivity contribution in [1.82, 2.24) is 20.2 Å². The summed E-state index contributed by atoms with van der Waals surface area (Å²) in [7, 11) is 0. The summed E-state index contributed by atoms with van der Waals surface area (Å²) in [6.07, 6.45) is 10.3. The van der Waals surface area contributed by atoms with E-state index >= 15 is 0 Å². The summed E-state index contributed by atoms with van der Waals surface area (Å²) in [6, 6.07) is 9.72. The van der Waals surface area contributed by atoms with Gasteiger partial charge in [-0.2, -0.15) is 0 Å². The largest absolute Gasteiger partial charge is 0.504 e. The van der Waals surface area contributed by atoms with Gasteiger partial charge in [-0.05, 0) is 41.5 Å². The van der Waals surface area contributed by atoms with Crippen molar-refractivity contribution in [2.24, 2.45) is 0 Å². The van der Waals surface area contributed by atoms with Gasteiger partial charge >= 0.3 is 0 Å². The smallest absolute Gasteiger partial charge is 0.260 e. The summed E-state index contributed by atoms with van der Waals surface area (Å²) in [5.74, 6) is -1.36. The highest BCUT2D eigenvalue weighted by Gasteiger charge is 2.27. The maximum absolute atomic E-state index is 12.4. The van der Waals surface area contributed by atoms with Crippen LogP contribution >= 0.6 is 0 Å². The lowest BCUT2D eigenvalue weighted by Gasteiger charge is -2.19. The van der Waals surface area contributed by atoms with Crippen LogP contribution in [0.2, 0.25) is 0 Å². The normalized spacial score (nSPS) is 14.7. The van der Waals surface area contributed by atoms with Gasteiger partial charge < -0.3 is 20.1 Å². The highest BCUT2D eigenvalue weighted by Crippen LogP contribution is 2.27. The van der Waals surface area contributed by atoms with Crippen LogP contribution in [0.25, 0.3) is 17.8 Å². The number of aromatic nitrogens is 2. The number of imide groups is 1. The van der Waals surface area contributed by atoms with E-state index in [1.807, 2.05) is 12.3 Å². The number of hydrogen-bond acceptors (Lipinski definition) is 6. The molecule has 4 N–H and O–H groups in total. The molecular formula is C22H18N4O4. The van der Waals surface area contributed by atoms with E-state index < -0.39 is 11.8 Å². The second-order valence-corrected chi connectivity index (χ2v) is 6.68. The Labute approximate surface area is 171 Å². The number of amides is 2. The van der Waals surface area contributed by atoms with E-state index in [-0.39, 0.29) is 11.5 Å². The van der Waals surface area contributed by atoms with E-state index in [0.717, 1.165) is 5.56 Å². The number of imidazole rings is 1. The fourth-order valence-electron chi connectivity index (χ4n) is 3.07. The minimum absolute atomic E-state index is 0.201. The fraction of sp³-hybridized carbons (Fsp3) is 0.0455. The van der Waals surface area contributed by atoms with Crippen molar-refractivity contribution in [1.29, 1.82) is 0 Å². The molecule has 0 aliphatic carbocycles. The molecule has 2 heterocycles. The van der Waals surface area contributed by atoms with Crippen LogP contribution in [-0.2, 0) is 11.3 Å². The molecule has 0 unspecified atom stereocenters. The lowest BCUT2D eigenvalue weighted by Crippen LogP contribution is -2.37. The predicted octanol–water partition coefficient (Wildman–Crippen LogP) is 2.32. The molecule has 8 nitrogen and oxygen atoms in total. The zero-order valence-electron chi connectivity index (χ0n) is 15.7. The van der Waals surface area contributed by atoms with Gasteiger partial charge in [-0.3, -0.25) is 14.9 Å². The molecule has 1 aliphatic heterocycles. The first-order valence-corrected chi connectivity index (χ1v) is 9.11. The van der Waals surface area contributed by atoms with E-state index in [9.17, 15) is 19.8 Å². The first-order chi connectivity index (χ1) is 14.5. The van der Waals surface area contributed by atoms with Crippen LogP contribution in [0.3, 0.4) is 0 Å². The molecule has 0 radical (unpaired) electrons. The van der Waals surface area contributed by atoms with E-state index in [1.54, 1.807) is 47.6 Å². The molecule has 0 atom stereocenters. The monoisotopic (exact) mass is 402 g/mol. The van der Waals surface area contributed by atoms with Gasteiger partial charge in [0.2, 0.25) is 0 Å². The summed E-state index contributed by atoms with van der Waals surface area (Å²) in [4.78, 5) is 28.6. The number of nitrogens with zero attached hydrogens (tertiary/aromatic N) is 2. The number of rotatable bonds is 5. The summed E-state index contributed by atoms with van der Waals surface area (Å²) >= 11 is 0. The van der Waals surface area contributed by atoms with Crippen LogP contribution in [-0.4, -0.2) is 31.6 Å². The van der Waals surface area contributed by atoms with Crippen molar-refractivity contribution in [3.8, 4) is 11.5 Å². The highest BCUT2D eigenvalue weighted by molar-refractivity contribution is 6.31. The molecule has 8 heteroatoms. The number of carbonyl (C=O) groups is 2. The van der Waals surface area contributed by atoms with Crippen molar-refractivity contribution < 1.29 is 19.8 Å². The Hall–Kier alpha value is -4.33. The number of hydrogen-bond donors (Lipinski definition) is 4. The first-order valence-electron chi connectivity index (χ1n) is 9.11. The number of phenols is 2. The average Bonchev–Trinajstić information content (AvgIpc) is 3.25. The molecular weight excluding hydrogens is 384 g/mol. The van der Waals surface area contributed by atoms with E-state index in [2.05, 4.69) is 15.6 Å². The van der Waals surface area contributed by atoms with Crippen LogP contribution in [0.15, 0.2) is 61.3 Å². The second kappa shape index (κ2) is 7.96. The molecule has 0 saturated heterocycles.